The van der Waals surface area contributed by atoms with Crippen LogP contribution in [0.4, 0.5) is 5.69 Å². The Morgan fingerprint density at radius 3 is 2.17 bits per heavy atom. The summed E-state index contributed by atoms with van der Waals surface area (Å²) in [4.78, 5) is 11.8. The van der Waals surface area contributed by atoms with Crippen LogP contribution in [-0.2, 0) is 11.2 Å². The number of hydrogen-bond donors (Lipinski definition) is 2. The van der Waals surface area contributed by atoms with Crippen molar-refractivity contribution in [2.45, 2.75) is 12.5 Å². The second kappa shape index (κ2) is 5.98. The first kappa shape index (κ1) is 12.3. The van der Waals surface area contributed by atoms with E-state index in [0.717, 1.165) is 5.56 Å². The number of anilines is 1. The van der Waals surface area contributed by atoms with E-state index >= 15 is 0 Å². The number of amides is 1. The van der Waals surface area contributed by atoms with E-state index in [1.807, 2.05) is 48.5 Å². The molecule has 0 spiro atoms. The maximum Gasteiger partial charge on any atom is 0.253 e. The molecule has 0 aliphatic rings. The normalized spacial score (nSPS) is 11.8. The smallest absolute Gasteiger partial charge is 0.253 e. The van der Waals surface area contributed by atoms with Crippen molar-refractivity contribution in [2.75, 3.05) is 5.32 Å². The molecule has 92 valence electrons. The van der Waals surface area contributed by atoms with Crippen molar-refractivity contribution in [3.05, 3.63) is 66.2 Å². The van der Waals surface area contributed by atoms with E-state index in [2.05, 4.69) is 5.32 Å². The molecule has 2 N–H and O–H groups in total. The second-order valence-electron chi connectivity index (χ2n) is 4.06. The van der Waals surface area contributed by atoms with Gasteiger partial charge in [-0.25, -0.2) is 0 Å². The van der Waals surface area contributed by atoms with Crippen LogP contribution in [0.25, 0.3) is 0 Å². The molecule has 2 rings (SSSR count). The number of para-hydroxylation sites is 1. The highest BCUT2D eigenvalue weighted by molar-refractivity contribution is 5.94. The molecule has 18 heavy (non-hydrogen) atoms. The fourth-order valence-corrected chi connectivity index (χ4v) is 1.68. The van der Waals surface area contributed by atoms with Crippen molar-refractivity contribution in [3.8, 4) is 0 Å². The minimum atomic E-state index is -1.03. The average Bonchev–Trinajstić information content (AvgIpc) is 2.41. The minimum Gasteiger partial charge on any atom is -0.383 e. The van der Waals surface area contributed by atoms with Crippen molar-refractivity contribution in [1.29, 1.82) is 0 Å². The van der Waals surface area contributed by atoms with Crippen LogP contribution < -0.4 is 5.32 Å². The predicted molar refractivity (Wildman–Crippen MR) is 71.2 cm³/mol. The fourth-order valence-electron chi connectivity index (χ4n) is 1.68. The Kier molecular flexibility index (Phi) is 4.10. The Balaban J connectivity index is 1.93. The minimum absolute atomic E-state index is 0.319. The molecule has 0 bridgehead atoms. The lowest BCUT2D eigenvalue weighted by Crippen LogP contribution is -2.29. The summed E-state index contributed by atoms with van der Waals surface area (Å²) in [5, 5.41) is 12.5. The molecule has 2 aromatic carbocycles. The average molecular weight is 241 g/mol. The molecule has 3 heteroatoms. The van der Waals surface area contributed by atoms with Crippen LogP contribution in [-0.4, -0.2) is 17.1 Å². The van der Waals surface area contributed by atoms with Gasteiger partial charge >= 0.3 is 0 Å². The molecule has 1 atom stereocenters. The standard InChI is InChI=1S/C15H15NO2/c17-14(11-12-7-3-1-4-8-12)15(18)16-13-9-5-2-6-10-13/h1-10,14,17H,11H2,(H,16,18). The number of carbonyl (C=O) groups excluding carboxylic acids is 1. The Morgan fingerprint density at radius 1 is 1.00 bits per heavy atom. The Hall–Kier alpha value is -2.13. The first-order chi connectivity index (χ1) is 8.75. The summed E-state index contributed by atoms with van der Waals surface area (Å²) in [6.45, 7) is 0. The zero-order valence-corrected chi connectivity index (χ0v) is 9.91. The van der Waals surface area contributed by atoms with Gasteiger partial charge in [0.15, 0.2) is 0 Å². The van der Waals surface area contributed by atoms with E-state index < -0.39 is 6.10 Å². The molecule has 0 radical (unpaired) electrons. The molecule has 0 saturated heterocycles. The molecule has 1 unspecified atom stereocenters. The van der Waals surface area contributed by atoms with E-state index in [9.17, 15) is 9.90 Å². The van der Waals surface area contributed by atoms with Crippen molar-refractivity contribution >= 4 is 11.6 Å². The van der Waals surface area contributed by atoms with Gasteiger partial charge in [0.05, 0.1) is 0 Å². The van der Waals surface area contributed by atoms with Gasteiger partial charge in [0.1, 0.15) is 6.10 Å². The van der Waals surface area contributed by atoms with E-state index in [1.54, 1.807) is 12.1 Å². The predicted octanol–water partition coefficient (Wildman–Crippen LogP) is 2.23. The lowest BCUT2D eigenvalue weighted by Gasteiger charge is -2.11. The third kappa shape index (κ3) is 3.43. The van der Waals surface area contributed by atoms with Crippen LogP contribution in [0.2, 0.25) is 0 Å². The van der Waals surface area contributed by atoms with Crippen molar-refractivity contribution < 1.29 is 9.90 Å². The van der Waals surface area contributed by atoms with Crippen LogP contribution >= 0.6 is 0 Å². The van der Waals surface area contributed by atoms with Crippen LogP contribution in [0.1, 0.15) is 5.56 Å². The Morgan fingerprint density at radius 2 is 1.56 bits per heavy atom. The molecule has 0 aromatic heterocycles. The molecular weight excluding hydrogens is 226 g/mol. The van der Waals surface area contributed by atoms with Crippen LogP contribution in [0.15, 0.2) is 60.7 Å². The van der Waals surface area contributed by atoms with Gasteiger partial charge in [0, 0.05) is 12.1 Å². The van der Waals surface area contributed by atoms with Crippen LogP contribution in [0.5, 0.6) is 0 Å². The van der Waals surface area contributed by atoms with Crippen molar-refractivity contribution in [1.82, 2.24) is 0 Å². The second-order valence-corrected chi connectivity index (χ2v) is 4.06. The number of aliphatic hydroxyl groups is 1. The zero-order chi connectivity index (χ0) is 12.8. The number of nitrogens with one attached hydrogen (secondary N) is 1. The first-order valence-corrected chi connectivity index (χ1v) is 5.83. The van der Waals surface area contributed by atoms with E-state index in [1.165, 1.54) is 0 Å². The molecule has 3 nitrogen and oxygen atoms in total. The van der Waals surface area contributed by atoms with E-state index in [-0.39, 0.29) is 5.91 Å². The molecule has 0 fully saturated rings. The summed E-state index contributed by atoms with van der Waals surface area (Å²) >= 11 is 0. The topological polar surface area (TPSA) is 49.3 Å². The summed E-state index contributed by atoms with van der Waals surface area (Å²) in [6, 6.07) is 18.6. The number of carbonyl (C=O) groups is 1. The first-order valence-electron chi connectivity index (χ1n) is 5.83. The van der Waals surface area contributed by atoms with E-state index in [4.69, 9.17) is 0 Å². The summed E-state index contributed by atoms with van der Waals surface area (Å²) in [7, 11) is 0. The van der Waals surface area contributed by atoms with Crippen molar-refractivity contribution in [3.63, 3.8) is 0 Å². The number of aliphatic hydroxyl groups excluding tert-OH is 1. The van der Waals surface area contributed by atoms with Gasteiger partial charge in [0.2, 0.25) is 0 Å². The molecule has 0 heterocycles. The van der Waals surface area contributed by atoms with Gasteiger partial charge in [-0.1, -0.05) is 48.5 Å². The lowest BCUT2D eigenvalue weighted by molar-refractivity contribution is -0.123. The highest BCUT2D eigenvalue weighted by Gasteiger charge is 2.15. The fraction of sp³-hybridized carbons (Fsp3) is 0.133. The van der Waals surface area contributed by atoms with Crippen molar-refractivity contribution in [2.24, 2.45) is 0 Å². The molecular formula is C15H15NO2. The largest absolute Gasteiger partial charge is 0.383 e. The number of hydrogen-bond acceptors (Lipinski definition) is 2. The molecule has 0 saturated carbocycles. The van der Waals surface area contributed by atoms with Crippen LogP contribution in [0.3, 0.4) is 0 Å². The highest BCUT2D eigenvalue weighted by atomic mass is 16.3. The van der Waals surface area contributed by atoms with E-state index in [0.29, 0.717) is 12.1 Å². The SMILES string of the molecule is O=C(Nc1ccccc1)C(O)Cc1ccccc1. The van der Waals surface area contributed by atoms with Gasteiger partial charge in [-0.15, -0.1) is 0 Å². The highest BCUT2D eigenvalue weighted by Crippen LogP contribution is 2.08. The summed E-state index contributed by atoms with van der Waals surface area (Å²) in [5.41, 5.74) is 1.63. The number of rotatable bonds is 4. The van der Waals surface area contributed by atoms with Gasteiger partial charge in [-0.3, -0.25) is 4.79 Å². The maximum absolute atomic E-state index is 11.8. The van der Waals surface area contributed by atoms with Gasteiger partial charge in [0.25, 0.3) is 5.91 Å². The van der Waals surface area contributed by atoms with Gasteiger partial charge in [-0.05, 0) is 17.7 Å². The zero-order valence-electron chi connectivity index (χ0n) is 9.91. The molecule has 1 amide bonds. The quantitative estimate of drug-likeness (QED) is 0.862. The van der Waals surface area contributed by atoms with Gasteiger partial charge < -0.3 is 10.4 Å². The molecule has 0 aliphatic carbocycles. The Bertz CT molecular complexity index is 496. The number of benzene rings is 2. The Labute approximate surface area is 106 Å². The summed E-state index contributed by atoms with van der Waals surface area (Å²) < 4.78 is 0. The molecule has 2 aromatic rings. The summed E-state index contributed by atoms with van der Waals surface area (Å²) in [6.07, 6.45) is -0.716. The maximum atomic E-state index is 11.8. The van der Waals surface area contributed by atoms with Crippen LogP contribution in [0, 0.1) is 0 Å². The molecule has 0 aliphatic heterocycles. The third-order valence-electron chi connectivity index (χ3n) is 2.62. The monoisotopic (exact) mass is 241 g/mol. The third-order valence-corrected chi connectivity index (χ3v) is 2.62. The lowest BCUT2D eigenvalue weighted by atomic mass is 10.1. The summed E-state index contributed by atoms with van der Waals surface area (Å²) in [5.74, 6) is -0.384. The van der Waals surface area contributed by atoms with Gasteiger partial charge in [-0.2, -0.15) is 0 Å².